The van der Waals surface area contributed by atoms with E-state index in [0.717, 1.165) is 23.6 Å². The van der Waals surface area contributed by atoms with E-state index in [9.17, 15) is 13.2 Å². The van der Waals surface area contributed by atoms with Gasteiger partial charge in [-0.2, -0.15) is 0 Å². The molecular formula is C29H33N3O5S. The normalized spacial score (nSPS) is 13.1. The van der Waals surface area contributed by atoms with Crippen molar-refractivity contribution in [3.63, 3.8) is 0 Å². The van der Waals surface area contributed by atoms with Crippen molar-refractivity contribution in [1.82, 2.24) is 0 Å². The van der Waals surface area contributed by atoms with Crippen LogP contribution in [-0.4, -0.2) is 34.9 Å². The van der Waals surface area contributed by atoms with E-state index >= 15 is 0 Å². The molecule has 4 rings (SSSR count). The lowest BCUT2D eigenvalue weighted by atomic mass is 10.0. The third kappa shape index (κ3) is 5.47. The van der Waals surface area contributed by atoms with Crippen LogP contribution in [0, 0.1) is 5.92 Å². The number of sulfonamides is 1. The van der Waals surface area contributed by atoms with Crippen LogP contribution in [0.3, 0.4) is 0 Å². The van der Waals surface area contributed by atoms with Crippen LogP contribution in [0.2, 0.25) is 0 Å². The molecule has 3 aromatic rings. The highest BCUT2D eigenvalue weighted by atomic mass is 32.2. The van der Waals surface area contributed by atoms with Crippen molar-refractivity contribution in [2.24, 2.45) is 5.92 Å². The Bertz CT molecular complexity index is 1480. The average molecular weight is 536 g/mol. The zero-order valence-corrected chi connectivity index (χ0v) is 23.1. The molecule has 3 aromatic carbocycles. The van der Waals surface area contributed by atoms with Gasteiger partial charge in [0.1, 0.15) is 17.3 Å². The van der Waals surface area contributed by atoms with Gasteiger partial charge in [0.05, 0.1) is 28.6 Å². The molecule has 38 heavy (non-hydrogen) atoms. The van der Waals surface area contributed by atoms with Gasteiger partial charge in [0, 0.05) is 37.7 Å². The summed E-state index contributed by atoms with van der Waals surface area (Å²) in [6.07, 6.45) is 0.871. The van der Waals surface area contributed by atoms with Crippen LogP contribution in [0.5, 0.6) is 17.2 Å². The number of fused-ring (bicyclic) bond motifs is 1. The molecule has 0 aliphatic carbocycles. The van der Waals surface area contributed by atoms with Crippen LogP contribution in [0.1, 0.15) is 37.6 Å². The van der Waals surface area contributed by atoms with Gasteiger partial charge >= 0.3 is 0 Å². The number of ether oxygens (including phenoxy) is 2. The molecule has 0 unspecified atom stereocenters. The Labute approximate surface area is 224 Å². The maximum atomic E-state index is 13.5. The number of carbonyl (C=O) groups excluding carboxylic acids is 1. The molecule has 1 aliphatic rings. The van der Waals surface area contributed by atoms with E-state index in [1.807, 2.05) is 43.0 Å². The van der Waals surface area contributed by atoms with Gasteiger partial charge in [0.2, 0.25) is 0 Å². The lowest BCUT2D eigenvalue weighted by Gasteiger charge is -2.18. The second-order valence-electron chi connectivity index (χ2n) is 9.45. The minimum Gasteiger partial charge on any atom is -0.493 e. The summed E-state index contributed by atoms with van der Waals surface area (Å²) in [6, 6.07) is 16.7. The molecule has 200 valence electrons. The monoisotopic (exact) mass is 535 g/mol. The molecule has 0 amide bonds. The standard InChI is InChI=1S/C29H33N3O5S/c1-7-14-36-22-11-9-12-23(16-22)37-28-18-27-26(31(5)20(4)32(27)6)17-25(28)30-38(34,35)24-13-8-10-21(15-24)29(33)19(2)3/h8-13,15-19,30H,4,7,14H2,1-3,5-6H3. The molecule has 0 atom stereocenters. The first-order chi connectivity index (χ1) is 18.0. The lowest BCUT2D eigenvalue weighted by molar-refractivity contribution is 0.0939. The van der Waals surface area contributed by atoms with Crippen LogP contribution >= 0.6 is 0 Å². The summed E-state index contributed by atoms with van der Waals surface area (Å²) in [6.45, 7) is 10.3. The first-order valence-corrected chi connectivity index (χ1v) is 13.9. The minimum absolute atomic E-state index is 0.0136. The van der Waals surface area contributed by atoms with E-state index in [1.54, 1.807) is 50.2 Å². The number of benzene rings is 3. The fourth-order valence-electron chi connectivity index (χ4n) is 4.09. The summed E-state index contributed by atoms with van der Waals surface area (Å²) in [5.74, 6) is 1.82. The van der Waals surface area contributed by atoms with Gasteiger partial charge in [-0.1, -0.05) is 45.5 Å². The number of nitrogens with zero attached hydrogens (tertiary/aromatic N) is 2. The zero-order valence-electron chi connectivity index (χ0n) is 22.3. The summed E-state index contributed by atoms with van der Waals surface area (Å²) in [4.78, 5) is 16.3. The third-order valence-electron chi connectivity index (χ3n) is 6.28. The van der Waals surface area contributed by atoms with Gasteiger partial charge in [0.15, 0.2) is 11.5 Å². The van der Waals surface area contributed by atoms with Crippen molar-refractivity contribution in [3.8, 4) is 17.2 Å². The number of rotatable bonds is 10. The van der Waals surface area contributed by atoms with Gasteiger partial charge in [-0.05, 0) is 36.8 Å². The number of anilines is 3. The summed E-state index contributed by atoms with van der Waals surface area (Å²) >= 11 is 0. The molecule has 0 saturated heterocycles. The number of Topliss-reactive ketones (excluding diaryl/α,β-unsaturated/α-hetero) is 1. The summed E-state index contributed by atoms with van der Waals surface area (Å²) < 4.78 is 41.6. The highest BCUT2D eigenvalue weighted by Gasteiger charge is 2.29. The highest BCUT2D eigenvalue weighted by Crippen LogP contribution is 2.46. The van der Waals surface area contributed by atoms with Crippen molar-refractivity contribution < 1.29 is 22.7 Å². The fourth-order valence-corrected chi connectivity index (χ4v) is 5.20. The summed E-state index contributed by atoms with van der Waals surface area (Å²) in [5, 5.41) is 0. The van der Waals surface area contributed by atoms with E-state index in [0.29, 0.717) is 29.4 Å². The third-order valence-corrected chi connectivity index (χ3v) is 7.64. The van der Waals surface area contributed by atoms with Crippen molar-refractivity contribution >= 4 is 32.9 Å². The maximum absolute atomic E-state index is 13.5. The molecule has 1 heterocycles. The van der Waals surface area contributed by atoms with E-state index < -0.39 is 10.0 Å². The van der Waals surface area contributed by atoms with Crippen LogP contribution in [-0.2, 0) is 10.0 Å². The largest absolute Gasteiger partial charge is 0.493 e. The average Bonchev–Trinajstić information content (AvgIpc) is 3.10. The highest BCUT2D eigenvalue weighted by molar-refractivity contribution is 7.92. The molecule has 8 nitrogen and oxygen atoms in total. The van der Waals surface area contributed by atoms with E-state index in [4.69, 9.17) is 9.47 Å². The molecule has 0 aromatic heterocycles. The van der Waals surface area contributed by atoms with Gasteiger partial charge in [-0.25, -0.2) is 8.42 Å². The molecule has 0 fully saturated rings. The number of carbonyl (C=O) groups is 1. The molecule has 1 N–H and O–H groups in total. The topological polar surface area (TPSA) is 88.2 Å². The van der Waals surface area contributed by atoms with Crippen LogP contribution in [0.25, 0.3) is 0 Å². The van der Waals surface area contributed by atoms with Crippen molar-refractivity contribution in [1.29, 1.82) is 0 Å². The van der Waals surface area contributed by atoms with E-state index in [-0.39, 0.29) is 22.3 Å². The number of ketones is 1. The Kier molecular flexibility index (Phi) is 7.68. The lowest BCUT2D eigenvalue weighted by Crippen LogP contribution is -2.20. The molecule has 0 spiro atoms. The van der Waals surface area contributed by atoms with Gasteiger partial charge in [-0.3, -0.25) is 9.52 Å². The number of nitrogens with one attached hydrogen (secondary N) is 1. The van der Waals surface area contributed by atoms with E-state index in [1.165, 1.54) is 12.1 Å². The Morgan fingerprint density at radius 3 is 2.32 bits per heavy atom. The number of hydrogen-bond donors (Lipinski definition) is 1. The van der Waals surface area contributed by atoms with Gasteiger partial charge in [0.25, 0.3) is 10.0 Å². The van der Waals surface area contributed by atoms with E-state index in [2.05, 4.69) is 11.3 Å². The Hall–Kier alpha value is -3.98. The number of hydrogen-bond acceptors (Lipinski definition) is 7. The summed E-state index contributed by atoms with van der Waals surface area (Å²) in [5.41, 5.74) is 2.18. The molecule has 0 radical (unpaired) electrons. The summed E-state index contributed by atoms with van der Waals surface area (Å²) in [7, 11) is -0.310. The first-order valence-electron chi connectivity index (χ1n) is 12.4. The zero-order chi connectivity index (χ0) is 27.6. The van der Waals surface area contributed by atoms with Gasteiger partial charge in [-0.15, -0.1) is 0 Å². The second kappa shape index (κ2) is 10.8. The predicted octanol–water partition coefficient (Wildman–Crippen LogP) is 6.26. The Balaban J connectivity index is 1.75. The molecular weight excluding hydrogens is 502 g/mol. The van der Waals surface area contributed by atoms with Crippen molar-refractivity contribution in [2.45, 2.75) is 32.1 Å². The molecule has 0 saturated carbocycles. The molecule has 9 heteroatoms. The quantitative estimate of drug-likeness (QED) is 0.306. The Morgan fingerprint density at radius 2 is 1.63 bits per heavy atom. The molecule has 0 bridgehead atoms. The second-order valence-corrected chi connectivity index (χ2v) is 11.1. The Morgan fingerprint density at radius 1 is 0.974 bits per heavy atom. The predicted molar refractivity (Wildman–Crippen MR) is 151 cm³/mol. The SMILES string of the molecule is C=C1N(C)c2cc(NS(=O)(=O)c3cccc(C(=O)C(C)C)c3)c(Oc3cccc(OCCC)c3)cc2N1C. The first kappa shape index (κ1) is 27.1. The maximum Gasteiger partial charge on any atom is 0.262 e. The van der Waals surface area contributed by atoms with Crippen LogP contribution in [0.4, 0.5) is 17.1 Å². The minimum atomic E-state index is -4.05. The van der Waals surface area contributed by atoms with Crippen molar-refractivity contribution in [2.75, 3.05) is 35.2 Å². The van der Waals surface area contributed by atoms with Gasteiger partial charge < -0.3 is 19.3 Å². The van der Waals surface area contributed by atoms with Crippen LogP contribution < -0.4 is 24.0 Å². The van der Waals surface area contributed by atoms with Crippen molar-refractivity contribution in [3.05, 3.63) is 78.6 Å². The fraction of sp³-hybridized carbons (Fsp3) is 0.276. The molecule has 1 aliphatic heterocycles. The smallest absolute Gasteiger partial charge is 0.262 e. The van der Waals surface area contributed by atoms with Crippen LogP contribution in [0.15, 0.2) is 78.0 Å².